The van der Waals surface area contributed by atoms with Gasteiger partial charge < -0.3 is 15.0 Å². The van der Waals surface area contributed by atoms with Crippen molar-refractivity contribution in [1.82, 2.24) is 10.3 Å². The lowest BCUT2D eigenvalue weighted by Crippen LogP contribution is -2.32. The number of rotatable bonds is 6. The van der Waals surface area contributed by atoms with Gasteiger partial charge in [0, 0.05) is 30.7 Å². The molecule has 6 nitrogen and oxygen atoms in total. The van der Waals surface area contributed by atoms with Gasteiger partial charge in [-0.25, -0.2) is 4.98 Å². The van der Waals surface area contributed by atoms with Gasteiger partial charge in [-0.05, 0) is 42.3 Å². The SMILES string of the molecule is O=C(CCCN1C(=O)c2cccnc2Oc2ccc(Cl)cc21)NCc1ccccc1. The highest BCUT2D eigenvalue weighted by atomic mass is 35.5. The molecule has 0 fully saturated rings. The number of aromatic nitrogens is 1. The highest BCUT2D eigenvalue weighted by Crippen LogP contribution is 2.39. The number of amides is 2. The number of nitrogens with one attached hydrogen (secondary N) is 1. The second-order valence-electron chi connectivity index (χ2n) is 6.89. The third kappa shape index (κ3) is 4.44. The molecule has 0 saturated heterocycles. The number of carbonyl (C=O) groups is 2. The molecular formula is C23H20ClN3O3. The number of nitrogens with zero attached hydrogens (tertiary/aromatic N) is 2. The van der Waals surface area contributed by atoms with E-state index < -0.39 is 0 Å². The minimum Gasteiger partial charge on any atom is -0.436 e. The molecule has 2 heterocycles. The zero-order valence-electron chi connectivity index (χ0n) is 16.2. The van der Waals surface area contributed by atoms with Crippen LogP contribution in [-0.4, -0.2) is 23.3 Å². The molecule has 0 bridgehead atoms. The molecule has 0 spiro atoms. The van der Waals surface area contributed by atoms with Crippen molar-refractivity contribution in [2.24, 2.45) is 0 Å². The number of hydrogen-bond acceptors (Lipinski definition) is 4. The molecule has 1 aromatic heterocycles. The molecule has 2 aromatic carbocycles. The summed E-state index contributed by atoms with van der Waals surface area (Å²) in [6.45, 7) is 0.830. The van der Waals surface area contributed by atoms with E-state index in [0.717, 1.165) is 5.56 Å². The molecule has 3 aromatic rings. The number of fused-ring (bicyclic) bond motifs is 2. The Morgan fingerprint density at radius 1 is 1.10 bits per heavy atom. The van der Waals surface area contributed by atoms with Crippen LogP contribution in [0.3, 0.4) is 0 Å². The Balaban J connectivity index is 1.45. The first-order valence-electron chi connectivity index (χ1n) is 9.67. The van der Waals surface area contributed by atoms with E-state index in [1.54, 1.807) is 41.4 Å². The fourth-order valence-electron chi connectivity index (χ4n) is 3.29. The summed E-state index contributed by atoms with van der Waals surface area (Å²) < 4.78 is 5.86. The van der Waals surface area contributed by atoms with Crippen molar-refractivity contribution >= 4 is 29.1 Å². The van der Waals surface area contributed by atoms with E-state index in [2.05, 4.69) is 10.3 Å². The molecule has 1 N–H and O–H groups in total. The van der Waals surface area contributed by atoms with Crippen LogP contribution >= 0.6 is 11.6 Å². The van der Waals surface area contributed by atoms with Crippen LogP contribution in [-0.2, 0) is 11.3 Å². The number of anilines is 1. The standard InChI is InChI=1S/C23H20ClN3O3/c24-17-10-11-20-19(14-17)27(23(29)18-8-4-12-25-22(18)30-20)13-5-9-21(28)26-15-16-6-2-1-3-7-16/h1-4,6-8,10-12,14H,5,9,13,15H2,(H,26,28). The summed E-state index contributed by atoms with van der Waals surface area (Å²) in [4.78, 5) is 31.2. The van der Waals surface area contributed by atoms with Gasteiger partial charge in [-0.1, -0.05) is 41.9 Å². The summed E-state index contributed by atoms with van der Waals surface area (Å²) in [5.41, 5.74) is 1.98. The molecule has 7 heteroatoms. The summed E-state index contributed by atoms with van der Waals surface area (Å²) in [6.07, 6.45) is 2.37. The first kappa shape index (κ1) is 19.9. The third-order valence-corrected chi connectivity index (χ3v) is 5.02. The van der Waals surface area contributed by atoms with Gasteiger partial charge in [-0.3, -0.25) is 9.59 Å². The lowest BCUT2D eigenvalue weighted by atomic mass is 10.2. The number of pyridine rings is 1. The molecule has 4 rings (SSSR count). The monoisotopic (exact) mass is 421 g/mol. The summed E-state index contributed by atoms with van der Waals surface area (Å²) in [5.74, 6) is 0.461. The maximum atomic E-state index is 13.2. The maximum Gasteiger partial charge on any atom is 0.263 e. The van der Waals surface area contributed by atoms with Crippen LogP contribution < -0.4 is 15.0 Å². The van der Waals surface area contributed by atoms with Gasteiger partial charge in [0.2, 0.25) is 11.8 Å². The van der Waals surface area contributed by atoms with E-state index in [1.807, 2.05) is 30.3 Å². The summed E-state index contributed by atoms with van der Waals surface area (Å²) in [6, 6.07) is 18.2. The predicted molar refractivity (Wildman–Crippen MR) is 115 cm³/mol. The Labute approximate surface area is 179 Å². The molecule has 0 saturated carbocycles. The van der Waals surface area contributed by atoms with E-state index in [-0.39, 0.29) is 17.7 Å². The maximum absolute atomic E-state index is 13.2. The van der Waals surface area contributed by atoms with Crippen LogP contribution in [0.5, 0.6) is 11.6 Å². The zero-order valence-corrected chi connectivity index (χ0v) is 16.9. The quantitative estimate of drug-likeness (QED) is 0.632. The van der Waals surface area contributed by atoms with Gasteiger partial charge in [0.25, 0.3) is 5.91 Å². The average Bonchev–Trinajstić information content (AvgIpc) is 2.88. The summed E-state index contributed by atoms with van der Waals surface area (Å²) in [5, 5.41) is 3.40. The zero-order chi connectivity index (χ0) is 20.9. The van der Waals surface area contributed by atoms with Crippen molar-refractivity contribution in [2.45, 2.75) is 19.4 Å². The molecule has 0 aliphatic carbocycles. The molecule has 1 aliphatic rings. The van der Waals surface area contributed by atoms with Crippen molar-refractivity contribution in [3.05, 3.63) is 83.0 Å². The number of halogens is 1. The topological polar surface area (TPSA) is 71.5 Å². The second-order valence-corrected chi connectivity index (χ2v) is 7.33. The number of ether oxygens (including phenoxy) is 1. The van der Waals surface area contributed by atoms with Crippen molar-refractivity contribution in [3.8, 4) is 11.6 Å². The van der Waals surface area contributed by atoms with Crippen LogP contribution in [0.25, 0.3) is 0 Å². The van der Waals surface area contributed by atoms with E-state index >= 15 is 0 Å². The molecule has 2 amide bonds. The Hall–Kier alpha value is -3.38. The Morgan fingerprint density at radius 2 is 1.93 bits per heavy atom. The van der Waals surface area contributed by atoms with E-state index in [9.17, 15) is 9.59 Å². The highest BCUT2D eigenvalue weighted by molar-refractivity contribution is 6.31. The molecule has 1 aliphatic heterocycles. The van der Waals surface area contributed by atoms with Crippen molar-refractivity contribution < 1.29 is 14.3 Å². The van der Waals surface area contributed by atoms with E-state index in [0.29, 0.717) is 48.0 Å². The first-order valence-corrected chi connectivity index (χ1v) is 10.0. The van der Waals surface area contributed by atoms with Crippen LogP contribution in [0.2, 0.25) is 5.02 Å². The largest absolute Gasteiger partial charge is 0.436 e. The predicted octanol–water partition coefficient (Wildman–Crippen LogP) is 4.58. The molecule has 30 heavy (non-hydrogen) atoms. The van der Waals surface area contributed by atoms with Crippen molar-refractivity contribution in [3.63, 3.8) is 0 Å². The third-order valence-electron chi connectivity index (χ3n) is 4.78. The van der Waals surface area contributed by atoms with Crippen LogP contribution in [0.1, 0.15) is 28.8 Å². The van der Waals surface area contributed by atoms with Gasteiger partial charge in [-0.2, -0.15) is 0 Å². The fourth-order valence-corrected chi connectivity index (χ4v) is 3.45. The summed E-state index contributed by atoms with van der Waals surface area (Å²) >= 11 is 6.16. The van der Waals surface area contributed by atoms with E-state index in [4.69, 9.17) is 16.3 Å². The lowest BCUT2D eigenvalue weighted by Gasteiger charge is -2.22. The van der Waals surface area contributed by atoms with Gasteiger partial charge in [-0.15, -0.1) is 0 Å². The minimum atomic E-state index is -0.233. The van der Waals surface area contributed by atoms with Gasteiger partial charge in [0.15, 0.2) is 5.75 Å². The Kier molecular flexibility index (Phi) is 5.95. The fraction of sp³-hybridized carbons (Fsp3) is 0.174. The molecule has 0 radical (unpaired) electrons. The van der Waals surface area contributed by atoms with Crippen LogP contribution in [0, 0.1) is 0 Å². The Morgan fingerprint density at radius 3 is 2.77 bits per heavy atom. The second kappa shape index (κ2) is 8.97. The number of benzene rings is 2. The molecule has 0 unspecified atom stereocenters. The lowest BCUT2D eigenvalue weighted by molar-refractivity contribution is -0.121. The number of carbonyl (C=O) groups excluding carboxylic acids is 2. The molecular weight excluding hydrogens is 402 g/mol. The van der Waals surface area contributed by atoms with Gasteiger partial charge in [0.1, 0.15) is 5.56 Å². The van der Waals surface area contributed by atoms with Crippen LogP contribution in [0.4, 0.5) is 5.69 Å². The van der Waals surface area contributed by atoms with Gasteiger partial charge in [0.05, 0.1) is 5.69 Å². The number of hydrogen-bond donors (Lipinski definition) is 1. The summed E-state index contributed by atoms with van der Waals surface area (Å²) in [7, 11) is 0. The smallest absolute Gasteiger partial charge is 0.263 e. The van der Waals surface area contributed by atoms with Crippen molar-refractivity contribution in [2.75, 3.05) is 11.4 Å². The highest BCUT2D eigenvalue weighted by Gasteiger charge is 2.29. The first-order chi connectivity index (χ1) is 14.6. The normalized spacial score (nSPS) is 12.4. The Bertz CT molecular complexity index is 1070. The van der Waals surface area contributed by atoms with Gasteiger partial charge >= 0.3 is 0 Å². The van der Waals surface area contributed by atoms with Crippen molar-refractivity contribution in [1.29, 1.82) is 0 Å². The van der Waals surface area contributed by atoms with E-state index in [1.165, 1.54) is 0 Å². The minimum absolute atomic E-state index is 0.0641. The molecule has 152 valence electrons. The average molecular weight is 422 g/mol. The van der Waals surface area contributed by atoms with Crippen LogP contribution in [0.15, 0.2) is 66.9 Å². The molecule has 0 atom stereocenters.